The second-order valence-electron chi connectivity index (χ2n) is 6.70. The van der Waals surface area contributed by atoms with Crippen molar-refractivity contribution < 1.29 is 14.5 Å². The van der Waals surface area contributed by atoms with Gasteiger partial charge in [0.15, 0.2) is 0 Å². The molecule has 0 unspecified atom stereocenters. The van der Waals surface area contributed by atoms with Crippen molar-refractivity contribution in [1.29, 1.82) is 0 Å². The zero-order chi connectivity index (χ0) is 19.1. The molecule has 0 fully saturated rings. The summed E-state index contributed by atoms with van der Waals surface area (Å²) in [4.78, 5) is 23.0. The number of nitro benzene ring substituents is 1. The molecular formula is C20H17ClN2O4. The smallest absolute Gasteiger partial charge is 0.339 e. The predicted octanol–water partition coefficient (Wildman–Crippen LogP) is 4.86. The van der Waals surface area contributed by atoms with E-state index in [1.54, 1.807) is 12.1 Å². The van der Waals surface area contributed by atoms with Crippen molar-refractivity contribution in [3.8, 4) is 0 Å². The van der Waals surface area contributed by atoms with Crippen LogP contribution in [0.25, 0.3) is 0 Å². The summed E-state index contributed by atoms with van der Waals surface area (Å²) in [5.74, 6) is -0.167. The van der Waals surface area contributed by atoms with Gasteiger partial charge in [-0.05, 0) is 30.0 Å². The van der Waals surface area contributed by atoms with Gasteiger partial charge in [0.05, 0.1) is 29.3 Å². The molecule has 1 N–H and O–H groups in total. The molecule has 2 aromatic rings. The Labute approximate surface area is 160 Å². The highest BCUT2D eigenvalue weighted by Crippen LogP contribution is 2.51. The van der Waals surface area contributed by atoms with Crippen LogP contribution in [0.5, 0.6) is 0 Å². The number of halogens is 1. The number of fused-ring (bicyclic) bond motifs is 3. The van der Waals surface area contributed by atoms with Crippen LogP contribution in [0.15, 0.2) is 48.6 Å². The number of benzene rings is 2. The van der Waals surface area contributed by atoms with Gasteiger partial charge in [-0.1, -0.05) is 35.9 Å². The molecule has 6 nitrogen and oxygen atoms in total. The number of nitro groups is 1. The molecule has 1 aliphatic carbocycles. The number of anilines is 1. The lowest BCUT2D eigenvalue weighted by Crippen LogP contribution is -2.30. The van der Waals surface area contributed by atoms with E-state index < -0.39 is 10.9 Å². The Morgan fingerprint density at radius 3 is 2.85 bits per heavy atom. The first-order valence-electron chi connectivity index (χ1n) is 8.59. The minimum atomic E-state index is -0.430. The van der Waals surface area contributed by atoms with Crippen LogP contribution in [-0.4, -0.2) is 18.0 Å². The number of rotatable bonds is 3. The standard InChI is InChI=1S/C20H17ClN2O4/c1-27-20(24)15-7-3-6-13-12-4-2-5-14(12)19(22-18(13)15)16-10-11(23(25)26)8-9-17(16)21/h2-4,6-10,12,14,19,22H,5H2,1H3/t12-,14-,19-/m0/s1. The second-order valence-corrected chi connectivity index (χ2v) is 7.11. The van der Waals surface area contributed by atoms with Gasteiger partial charge in [-0.3, -0.25) is 10.1 Å². The van der Waals surface area contributed by atoms with Crippen molar-refractivity contribution >= 4 is 28.9 Å². The average molecular weight is 385 g/mol. The zero-order valence-electron chi connectivity index (χ0n) is 14.5. The molecule has 1 heterocycles. The molecule has 0 saturated carbocycles. The SMILES string of the molecule is COC(=O)c1cccc2c1N[C@H](c1cc([N+](=O)[O-])ccc1Cl)[C@H]1CC=C[C@@H]21. The number of hydrogen-bond donors (Lipinski definition) is 1. The first-order valence-corrected chi connectivity index (χ1v) is 8.97. The summed E-state index contributed by atoms with van der Waals surface area (Å²) >= 11 is 6.41. The van der Waals surface area contributed by atoms with E-state index in [0.717, 1.165) is 12.0 Å². The van der Waals surface area contributed by atoms with E-state index in [9.17, 15) is 14.9 Å². The van der Waals surface area contributed by atoms with Crippen molar-refractivity contribution in [2.45, 2.75) is 18.4 Å². The summed E-state index contributed by atoms with van der Waals surface area (Å²) in [5.41, 5.74) is 2.82. The molecule has 7 heteroatoms. The summed E-state index contributed by atoms with van der Waals surface area (Å²) in [6.45, 7) is 0. The fraction of sp³-hybridized carbons (Fsp3) is 0.250. The van der Waals surface area contributed by atoms with Gasteiger partial charge in [-0.2, -0.15) is 0 Å². The Balaban J connectivity index is 1.85. The van der Waals surface area contributed by atoms with Crippen LogP contribution in [0.2, 0.25) is 5.02 Å². The number of ether oxygens (including phenoxy) is 1. The molecule has 2 aliphatic rings. The summed E-state index contributed by atoms with van der Waals surface area (Å²) in [6.07, 6.45) is 5.06. The monoisotopic (exact) mass is 384 g/mol. The van der Waals surface area contributed by atoms with Crippen LogP contribution >= 0.6 is 11.6 Å². The number of nitrogens with zero attached hydrogens (tertiary/aromatic N) is 1. The number of nitrogens with one attached hydrogen (secondary N) is 1. The van der Waals surface area contributed by atoms with Crippen LogP contribution in [0.1, 0.15) is 39.9 Å². The van der Waals surface area contributed by atoms with E-state index in [0.29, 0.717) is 21.8 Å². The Kier molecular flexibility index (Phi) is 4.36. The Hall–Kier alpha value is -2.86. The Morgan fingerprint density at radius 2 is 2.11 bits per heavy atom. The third-order valence-electron chi connectivity index (χ3n) is 5.33. The topological polar surface area (TPSA) is 81.5 Å². The lowest BCUT2D eigenvalue weighted by atomic mass is 9.76. The van der Waals surface area contributed by atoms with Crippen LogP contribution < -0.4 is 5.32 Å². The summed E-state index contributed by atoms with van der Waals surface area (Å²) in [5, 5.41) is 15.1. The van der Waals surface area contributed by atoms with E-state index in [4.69, 9.17) is 16.3 Å². The van der Waals surface area contributed by atoms with Crippen LogP contribution in [0.4, 0.5) is 11.4 Å². The fourth-order valence-corrected chi connectivity index (χ4v) is 4.33. The molecule has 0 spiro atoms. The first kappa shape index (κ1) is 17.5. The average Bonchev–Trinajstić information content (AvgIpc) is 3.16. The maximum Gasteiger partial charge on any atom is 0.339 e. The molecular weight excluding hydrogens is 368 g/mol. The van der Waals surface area contributed by atoms with Gasteiger partial charge < -0.3 is 10.1 Å². The quantitative estimate of drug-likeness (QED) is 0.353. The van der Waals surface area contributed by atoms with Crippen LogP contribution in [-0.2, 0) is 4.74 Å². The van der Waals surface area contributed by atoms with E-state index >= 15 is 0 Å². The van der Waals surface area contributed by atoms with Gasteiger partial charge in [-0.25, -0.2) is 4.79 Å². The molecule has 0 aromatic heterocycles. The van der Waals surface area contributed by atoms with Crippen LogP contribution in [0.3, 0.4) is 0 Å². The summed E-state index contributed by atoms with van der Waals surface area (Å²) in [7, 11) is 1.34. The largest absolute Gasteiger partial charge is 0.465 e. The third kappa shape index (κ3) is 2.86. The molecule has 1 aliphatic heterocycles. The molecule has 0 saturated heterocycles. The van der Waals surface area contributed by atoms with Crippen LogP contribution in [0, 0.1) is 16.0 Å². The van der Waals surface area contributed by atoms with Gasteiger partial charge in [0.2, 0.25) is 0 Å². The molecule has 0 amide bonds. The van der Waals surface area contributed by atoms with Crippen molar-refractivity contribution in [3.05, 3.63) is 80.4 Å². The lowest BCUT2D eigenvalue weighted by molar-refractivity contribution is -0.384. The summed E-state index contributed by atoms with van der Waals surface area (Å²) in [6, 6.07) is 9.76. The maximum absolute atomic E-state index is 12.2. The van der Waals surface area contributed by atoms with Crippen molar-refractivity contribution in [3.63, 3.8) is 0 Å². The molecule has 2 aromatic carbocycles. The van der Waals surface area contributed by atoms with Crippen molar-refractivity contribution in [2.75, 3.05) is 12.4 Å². The number of esters is 1. The minimum absolute atomic E-state index is 0.00856. The number of carbonyl (C=O) groups is 1. The van der Waals surface area contributed by atoms with E-state index in [1.807, 2.05) is 12.1 Å². The van der Waals surface area contributed by atoms with Gasteiger partial charge in [0, 0.05) is 28.6 Å². The number of hydrogen-bond acceptors (Lipinski definition) is 5. The third-order valence-corrected chi connectivity index (χ3v) is 5.67. The van der Waals surface area contributed by atoms with Gasteiger partial charge in [0.25, 0.3) is 5.69 Å². The number of allylic oxidation sites excluding steroid dienone is 2. The fourth-order valence-electron chi connectivity index (χ4n) is 4.09. The highest BCUT2D eigenvalue weighted by Gasteiger charge is 2.40. The van der Waals surface area contributed by atoms with E-state index in [2.05, 4.69) is 17.5 Å². The van der Waals surface area contributed by atoms with E-state index in [1.165, 1.54) is 19.2 Å². The Morgan fingerprint density at radius 1 is 1.30 bits per heavy atom. The lowest BCUT2D eigenvalue weighted by Gasteiger charge is -2.38. The molecule has 138 valence electrons. The van der Waals surface area contributed by atoms with E-state index in [-0.39, 0.29) is 23.6 Å². The number of methoxy groups -OCH3 is 1. The second kappa shape index (κ2) is 6.70. The Bertz CT molecular complexity index is 972. The highest BCUT2D eigenvalue weighted by atomic mass is 35.5. The predicted molar refractivity (Wildman–Crippen MR) is 102 cm³/mol. The normalized spacial score (nSPS) is 22.5. The molecule has 0 radical (unpaired) electrons. The number of carbonyl (C=O) groups excluding carboxylic acids is 1. The minimum Gasteiger partial charge on any atom is -0.465 e. The molecule has 27 heavy (non-hydrogen) atoms. The zero-order valence-corrected chi connectivity index (χ0v) is 15.3. The summed E-state index contributed by atoms with van der Waals surface area (Å²) < 4.78 is 4.92. The first-order chi connectivity index (χ1) is 13.0. The number of non-ortho nitro benzene ring substituents is 1. The maximum atomic E-state index is 12.2. The highest BCUT2D eigenvalue weighted by molar-refractivity contribution is 6.31. The van der Waals surface area contributed by atoms with Gasteiger partial charge in [-0.15, -0.1) is 0 Å². The molecule has 0 bridgehead atoms. The van der Waals surface area contributed by atoms with Gasteiger partial charge >= 0.3 is 5.97 Å². The number of para-hydroxylation sites is 1. The van der Waals surface area contributed by atoms with Crippen molar-refractivity contribution in [1.82, 2.24) is 0 Å². The molecule has 3 atom stereocenters. The van der Waals surface area contributed by atoms with Gasteiger partial charge in [0.1, 0.15) is 0 Å². The molecule has 4 rings (SSSR count). The van der Waals surface area contributed by atoms with Crippen molar-refractivity contribution in [2.24, 2.45) is 5.92 Å².